The minimum absolute atomic E-state index is 0.280. The second kappa shape index (κ2) is 4.54. The molecular weight excluding hydrogens is 186 g/mol. The summed E-state index contributed by atoms with van der Waals surface area (Å²) in [6.07, 6.45) is 7.34. The molecule has 2 heteroatoms. The molecule has 2 bridgehead atoms. The van der Waals surface area contributed by atoms with E-state index in [9.17, 15) is 4.79 Å². The van der Waals surface area contributed by atoms with Gasteiger partial charge < -0.3 is 5.32 Å². The van der Waals surface area contributed by atoms with E-state index >= 15 is 0 Å². The second-order valence-electron chi connectivity index (χ2n) is 5.52. The van der Waals surface area contributed by atoms with Gasteiger partial charge in [-0.25, -0.2) is 0 Å². The summed E-state index contributed by atoms with van der Waals surface area (Å²) in [6, 6.07) is 0.344. The van der Waals surface area contributed by atoms with Crippen LogP contribution >= 0.6 is 0 Å². The van der Waals surface area contributed by atoms with Gasteiger partial charge in [-0.15, -0.1) is 0 Å². The van der Waals surface area contributed by atoms with Gasteiger partial charge in [-0.2, -0.15) is 0 Å². The number of hydrogen-bond donors (Lipinski definition) is 1. The SMILES string of the molecule is CC[C@@H](C)NC(=O)C[C@H]1C[C@H]2CC[C@H]1C2. The molecule has 0 aliphatic heterocycles. The minimum atomic E-state index is 0.280. The largest absolute Gasteiger partial charge is 0.354 e. The van der Waals surface area contributed by atoms with Crippen LogP contribution in [0.4, 0.5) is 0 Å². The molecule has 2 nitrogen and oxygen atoms in total. The normalized spacial score (nSPS) is 35.5. The minimum Gasteiger partial charge on any atom is -0.354 e. The van der Waals surface area contributed by atoms with Gasteiger partial charge >= 0.3 is 0 Å². The molecular formula is C13H23NO. The van der Waals surface area contributed by atoms with Crippen molar-refractivity contribution in [3.63, 3.8) is 0 Å². The van der Waals surface area contributed by atoms with Crippen LogP contribution in [-0.2, 0) is 4.79 Å². The van der Waals surface area contributed by atoms with Crippen LogP contribution in [0, 0.1) is 17.8 Å². The quantitative estimate of drug-likeness (QED) is 0.758. The number of carbonyl (C=O) groups is 1. The fourth-order valence-corrected chi connectivity index (χ4v) is 3.30. The number of rotatable bonds is 4. The zero-order valence-corrected chi connectivity index (χ0v) is 9.96. The highest BCUT2D eigenvalue weighted by Crippen LogP contribution is 2.49. The summed E-state index contributed by atoms with van der Waals surface area (Å²) in [5, 5.41) is 3.08. The Hall–Kier alpha value is -0.530. The van der Waals surface area contributed by atoms with Crippen LogP contribution in [0.25, 0.3) is 0 Å². The molecule has 2 fully saturated rings. The molecule has 0 radical (unpaired) electrons. The highest BCUT2D eigenvalue weighted by Gasteiger charge is 2.40. The molecule has 1 amide bonds. The second-order valence-corrected chi connectivity index (χ2v) is 5.52. The van der Waals surface area contributed by atoms with Crippen molar-refractivity contribution in [2.45, 2.75) is 58.4 Å². The highest BCUT2D eigenvalue weighted by atomic mass is 16.1. The standard InChI is InChI=1S/C13H23NO/c1-3-9(2)14-13(15)8-12-7-10-4-5-11(12)6-10/h9-12H,3-8H2,1-2H3,(H,14,15)/t9-,10+,11+,12-/m1/s1. The first-order valence-corrected chi connectivity index (χ1v) is 6.48. The summed E-state index contributed by atoms with van der Waals surface area (Å²) >= 11 is 0. The molecule has 2 saturated carbocycles. The molecule has 15 heavy (non-hydrogen) atoms. The summed E-state index contributed by atoms with van der Waals surface area (Å²) in [4.78, 5) is 11.7. The predicted molar refractivity (Wildman–Crippen MR) is 61.5 cm³/mol. The summed E-state index contributed by atoms with van der Waals surface area (Å²) < 4.78 is 0. The van der Waals surface area contributed by atoms with E-state index in [1.807, 2.05) is 0 Å². The van der Waals surface area contributed by atoms with E-state index in [1.54, 1.807) is 0 Å². The Labute approximate surface area is 92.8 Å². The van der Waals surface area contributed by atoms with E-state index in [0.29, 0.717) is 12.0 Å². The average Bonchev–Trinajstić information content (AvgIpc) is 2.78. The fourth-order valence-electron chi connectivity index (χ4n) is 3.30. The number of amides is 1. The van der Waals surface area contributed by atoms with Gasteiger partial charge in [0.1, 0.15) is 0 Å². The molecule has 2 rings (SSSR count). The summed E-state index contributed by atoms with van der Waals surface area (Å²) in [6.45, 7) is 4.20. The lowest BCUT2D eigenvalue weighted by molar-refractivity contribution is -0.123. The molecule has 0 aromatic heterocycles. The van der Waals surface area contributed by atoms with Crippen molar-refractivity contribution in [2.24, 2.45) is 17.8 Å². The Morgan fingerprint density at radius 3 is 2.73 bits per heavy atom. The third-order valence-electron chi connectivity index (χ3n) is 4.35. The zero-order chi connectivity index (χ0) is 10.8. The maximum Gasteiger partial charge on any atom is 0.220 e. The topological polar surface area (TPSA) is 29.1 Å². The van der Waals surface area contributed by atoms with Gasteiger partial charge in [0, 0.05) is 12.5 Å². The van der Waals surface area contributed by atoms with Crippen LogP contribution < -0.4 is 5.32 Å². The average molecular weight is 209 g/mol. The van der Waals surface area contributed by atoms with Gasteiger partial charge in [0.05, 0.1) is 0 Å². The van der Waals surface area contributed by atoms with Crippen molar-refractivity contribution < 1.29 is 4.79 Å². The molecule has 2 aliphatic carbocycles. The van der Waals surface area contributed by atoms with E-state index in [4.69, 9.17) is 0 Å². The highest BCUT2D eigenvalue weighted by molar-refractivity contribution is 5.76. The van der Waals surface area contributed by atoms with E-state index in [-0.39, 0.29) is 5.91 Å². The smallest absolute Gasteiger partial charge is 0.220 e. The zero-order valence-electron chi connectivity index (χ0n) is 9.96. The molecule has 0 spiro atoms. The summed E-state index contributed by atoms with van der Waals surface area (Å²) in [5.41, 5.74) is 0. The Balaban J connectivity index is 1.75. The molecule has 86 valence electrons. The lowest BCUT2D eigenvalue weighted by atomic mass is 9.86. The molecule has 2 aliphatic rings. The first-order valence-electron chi connectivity index (χ1n) is 6.48. The lowest BCUT2D eigenvalue weighted by Gasteiger charge is -2.21. The number of carbonyl (C=O) groups excluding carboxylic acids is 1. The van der Waals surface area contributed by atoms with E-state index in [2.05, 4.69) is 19.2 Å². The van der Waals surface area contributed by atoms with Crippen molar-refractivity contribution in [1.82, 2.24) is 5.32 Å². The molecule has 1 N–H and O–H groups in total. The van der Waals surface area contributed by atoms with Crippen LogP contribution in [0.2, 0.25) is 0 Å². The van der Waals surface area contributed by atoms with Gasteiger partial charge in [-0.1, -0.05) is 13.3 Å². The Bertz CT molecular complexity index is 239. The first kappa shape index (κ1) is 11.0. The number of nitrogens with one attached hydrogen (secondary N) is 1. The van der Waals surface area contributed by atoms with Crippen LogP contribution in [-0.4, -0.2) is 11.9 Å². The maximum absolute atomic E-state index is 11.7. The van der Waals surface area contributed by atoms with Crippen molar-refractivity contribution >= 4 is 5.91 Å². The lowest BCUT2D eigenvalue weighted by Crippen LogP contribution is -2.33. The van der Waals surface area contributed by atoms with Gasteiger partial charge in [-0.05, 0) is 50.4 Å². The van der Waals surface area contributed by atoms with Crippen LogP contribution in [0.15, 0.2) is 0 Å². The van der Waals surface area contributed by atoms with E-state index < -0.39 is 0 Å². The van der Waals surface area contributed by atoms with Crippen molar-refractivity contribution in [3.8, 4) is 0 Å². The molecule has 0 saturated heterocycles. The van der Waals surface area contributed by atoms with Gasteiger partial charge in [0.25, 0.3) is 0 Å². The molecule has 4 atom stereocenters. The summed E-state index contributed by atoms with van der Waals surface area (Å²) in [5.74, 6) is 2.81. The Kier molecular flexibility index (Phi) is 3.32. The molecule has 0 aromatic rings. The Morgan fingerprint density at radius 2 is 2.20 bits per heavy atom. The third kappa shape index (κ3) is 2.53. The maximum atomic E-state index is 11.7. The molecule has 0 heterocycles. The van der Waals surface area contributed by atoms with E-state index in [0.717, 1.165) is 24.7 Å². The van der Waals surface area contributed by atoms with Crippen LogP contribution in [0.1, 0.15) is 52.4 Å². The molecule has 0 unspecified atom stereocenters. The first-order chi connectivity index (χ1) is 7.19. The monoisotopic (exact) mass is 209 g/mol. The van der Waals surface area contributed by atoms with Gasteiger partial charge in [0.2, 0.25) is 5.91 Å². The third-order valence-corrected chi connectivity index (χ3v) is 4.35. The van der Waals surface area contributed by atoms with Crippen LogP contribution in [0.3, 0.4) is 0 Å². The van der Waals surface area contributed by atoms with Crippen molar-refractivity contribution in [2.75, 3.05) is 0 Å². The van der Waals surface area contributed by atoms with Crippen LogP contribution in [0.5, 0.6) is 0 Å². The Morgan fingerprint density at radius 1 is 1.40 bits per heavy atom. The predicted octanol–water partition coefficient (Wildman–Crippen LogP) is 2.73. The number of hydrogen-bond acceptors (Lipinski definition) is 1. The van der Waals surface area contributed by atoms with E-state index in [1.165, 1.54) is 25.7 Å². The molecule has 0 aromatic carbocycles. The van der Waals surface area contributed by atoms with Gasteiger partial charge in [-0.3, -0.25) is 4.79 Å². The van der Waals surface area contributed by atoms with Gasteiger partial charge in [0.15, 0.2) is 0 Å². The van der Waals surface area contributed by atoms with Crippen molar-refractivity contribution in [1.29, 1.82) is 0 Å². The van der Waals surface area contributed by atoms with Crippen molar-refractivity contribution in [3.05, 3.63) is 0 Å². The fraction of sp³-hybridized carbons (Fsp3) is 0.923. The number of fused-ring (bicyclic) bond motifs is 2. The summed E-state index contributed by atoms with van der Waals surface area (Å²) in [7, 11) is 0.